The zero-order valence-electron chi connectivity index (χ0n) is 19.1. The van der Waals surface area contributed by atoms with Gasteiger partial charge in [-0.05, 0) is 51.1 Å². The fourth-order valence-electron chi connectivity index (χ4n) is 4.52. The van der Waals surface area contributed by atoms with Crippen molar-refractivity contribution >= 4 is 27.9 Å². The van der Waals surface area contributed by atoms with Crippen LogP contribution >= 0.6 is 0 Å². The normalized spacial score (nSPS) is 15.6. The van der Waals surface area contributed by atoms with E-state index in [4.69, 9.17) is 4.74 Å². The molecular formula is C25H29N5O2. The Balaban J connectivity index is 1.41. The van der Waals surface area contributed by atoms with Crippen molar-refractivity contribution < 1.29 is 9.53 Å². The Hall–Kier alpha value is -3.35. The second kappa shape index (κ2) is 7.65. The Labute approximate surface area is 187 Å². The number of likely N-dealkylation sites (tertiary alicyclic amines) is 1. The minimum absolute atomic E-state index is 0.219. The van der Waals surface area contributed by atoms with Crippen LogP contribution in [0, 0.1) is 0 Å². The summed E-state index contributed by atoms with van der Waals surface area (Å²) in [5.74, 6) is 0.373. The number of fused-ring (bicyclic) bond motifs is 3. The molecule has 7 nitrogen and oxygen atoms in total. The van der Waals surface area contributed by atoms with Crippen molar-refractivity contribution in [3.63, 3.8) is 0 Å². The predicted molar refractivity (Wildman–Crippen MR) is 126 cm³/mol. The molecule has 4 aromatic rings. The summed E-state index contributed by atoms with van der Waals surface area (Å²) in [6.45, 7) is 7.11. The largest absolute Gasteiger partial charge is 0.444 e. The van der Waals surface area contributed by atoms with Gasteiger partial charge in [0.2, 0.25) is 0 Å². The highest BCUT2D eigenvalue weighted by Crippen LogP contribution is 2.34. The molecule has 0 atom stereocenters. The highest BCUT2D eigenvalue weighted by molar-refractivity contribution is 6.06. The van der Waals surface area contributed by atoms with Gasteiger partial charge in [-0.1, -0.05) is 12.1 Å². The highest BCUT2D eigenvalue weighted by atomic mass is 16.6. The van der Waals surface area contributed by atoms with Gasteiger partial charge in [0.1, 0.15) is 11.2 Å². The molecule has 1 aliphatic rings. The second-order valence-electron chi connectivity index (χ2n) is 9.68. The molecule has 0 bridgehead atoms. The average molecular weight is 432 g/mol. The highest BCUT2D eigenvalue weighted by Gasteiger charge is 2.28. The SMILES string of the molecule is Cn1cncc1-c1ccc2cnc3[nH]c(C4CCN(C(=O)OC(C)(C)C)CC4)cc3c2c1. The van der Waals surface area contributed by atoms with E-state index < -0.39 is 5.60 Å². The van der Waals surface area contributed by atoms with Gasteiger partial charge in [-0.2, -0.15) is 0 Å². The van der Waals surface area contributed by atoms with E-state index in [1.165, 1.54) is 11.1 Å². The van der Waals surface area contributed by atoms with Crippen LogP contribution in [0.25, 0.3) is 33.1 Å². The number of aromatic amines is 1. The summed E-state index contributed by atoms with van der Waals surface area (Å²) in [6.07, 6.45) is 7.23. The van der Waals surface area contributed by atoms with Crippen molar-refractivity contribution in [3.05, 3.63) is 48.7 Å². The van der Waals surface area contributed by atoms with Crippen molar-refractivity contribution in [2.75, 3.05) is 13.1 Å². The van der Waals surface area contributed by atoms with E-state index in [1.54, 1.807) is 0 Å². The number of benzene rings is 1. The molecule has 166 valence electrons. The number of aryl methyl sites for hydroxylation is 1. The van der Waals surface area contributed by atoms with Gasteiger partial charge < -0.3 is 19.2 Å². The molecule has 1 fully saturated rings. The number of H-pyrrole nitrogens is 1. The van der Waals surface area contributed by atoms with Gasteiger partial charge in [0, 0.05) is 54.3 Å². The van der Waals surface area contributed by atoms with Crippen molar-refractivity contribution in [1.82, 2.24) is 24.4 Å². The van der Waals surface area contributed by atoms with Crippen LogP contribution in [0.15, 0.2) is 43.0 Å². The third-order valence-corrected chi connectivity index (χ3v) is 6.19. The van der Waals surface area contributed by atoms with E-state index in [-0.39, 0.29) is 6.09 Å². The average Bonchev–Trinajstić information content (AvgIpc) is 3.38. The van der Waals surface area contributed by atoms with Gasteiger partial charge in [-0.25, -0.2) is 14.8 Å². The molecule has 1 aromatic carbocycles. The third kappa shape index (κ3) is 3.83. The van der Waals surface area contributed by atoms with Gasteiger partial charge in [-0.15, -0.1) is 0 Å². The van der Waals surface area contributed by atoms with Crippen molar-refractivity contribution in [2.24, 2.45) is 7.05 Å². The zero-order chi connectivity index (χ0) is 22.5. The first-order valence-corrected chi connectivity index (χ1v) is 11.1. The number of nitrogens with one attached hydrogen (secondary N) is 1. The number of amides is 1. The van der Waals surface area contributed by atoms with E-state index in [9.17, 15) is 4.79 Å². The first-order valence-electron chi connectivity index (χ1n) is 11.1. The fourth-order valence-corrected chi connectivity index (χ4v) is 4.52. The van der Waals surface area contributed by atoms with Crippen LogP contribution in [0.3, 0.4) is 0 Å². The van der Waals surface area contributed by atoms with Gasteiger partial charge in [-0.3, -0.25) is 0 Å². The number of imidazole rings is 1. The maximum atomic E-state index is 12.4. The topological polar surface area (TPSA) is 76.0 Å². The Bertz CT molecular complexity index is 1290. The molecule has 1 aliphatic heterocycles. The lowest BCUT2D eigenvalue weighted by atomic mass is 9.93. The number of hydrogen-bond acceptors (Lipinski definition) is 4. The van der Waals surface area contributed by atoms with E-state index in [2.05, 4.69) is 39.2 Å². The maximum absolute atomic E-state index is 12.4. The number of carbonyl (C=O) groups is 1. The van der Waals surface area contributed by atoms with E-state index in [0.29, 0.717) is 19.0 Å². The maximum Gasteiger partial charge on any atom is 0.410 e. The molecule has 0 spiro atoms. The molecule has 0 unspecified atom stereocenters. The summed E-state index contributed by atoms with van der Waals surface area (Å²) >= 11 is 0. The summed E-state index contributed by atoms with van der Waals surface area (Å²) in [5, 5.41) is 3.44. The second-order valence-corrected chi connectivity index (χ2v) is 9.68. The minimum atomic E-state index is -0.466. The quantitative estimate of drug-likeness (QED) is 0.471. The number of rotatable bonds is 2. The number of aromatic nitrogens is 4. The fraction of sp³-hybridized carbons (Fsp3) is 0.400. The summed E-state index contributed by atoms with van der Waals surface area (Å²) in [7, 11) is 2.01. The molecular weight excluding hydrogens is 402 g/mol. The summed E-state index contributed by atoms with van der Waals surface area (Å²) in [6, 6.07) is 8.70. The first kappa shape index (κ1) is 20.5. The van der Waals surface area contributed by atoms with Crippen LogP contribution in [-0.2, 0) is 11.8 Å². The first-order chi connectivity index (χ1) is 15.3. The molecule has 1 saturated heterocycles. The predicted octanol–water partition coefficient (Wildman–Crippen LogP) is 5.23. The number of pyridine rings is 1. The Morgan fingerprint density at radius 3 is 2.59 bits per heavy atom. The number of carbonyl (C=O) groups excluding carboxylic acids is 1. The Morgan fingerprint density at radius 2 is 1.91 bits per heavy atom. The smallest absolute Gasteiger partial charge is 0.410 e. The molecule has 1 amide bonds. The molecule has 3 aromatic heterocycles. The van der Waals surface area contributed by atoms with Crippen molar-refractivity contribution in [3.8, 4) is 11.3 Å². The van der Waals surface area contributed by atoms with Gasteiger partial charge in [0.25, 0.3) is 0 Å². The van der Waals surface area contributed by atoms with E-state index >= 15 is 0 Å². The Kier molecular flexibility index (Phi) is 4.92. The van der Waals surface area contributed by atoms with E-state index in [0.717, 1.165) is 40.5 Å². The van der Waals surface area contributed by atoms with Crippen LogP contribution in [-0.4, -0.2) is 49.2 Å². The van der Waals surface area contributed by atoms with Crippen LogP contribution < -0.4 is 0 Å². The molecule has 7 heteroatoms. The lowest BCUT2D eigenvalue weighted by molar-refractivity contribution is 0.0204. The van der Waals surface area contributed by atoms with Crippen LogP contribution in [0.5, 0.6) is 0 Å². The standard InChI is InChI=1S/C25H29N5O2/c1-25(2,3)32-24(31)30-9-7-16(8-10-30)21-12-20-19-11-17(22-14-26-15-29(22)4)5-6-18(19)13-27-23(20)28-21/h5-6,11-16H,7-10H2,1-4H3,(H,27,28). The minimum Gasteiger partial charge on any atom is -0.444 e. The number of ether oxygens (including phenoxy) is 1. The van der Waals surface area contributed by atoms with E-state index in [1.807, 2.05) is 56.0 Å². The van der Waals surface area contributed by atoms with Gasteiger partial charge in [0.15, 0.2) is 0 Å². The molecule has 0 radical (unpaired) electrons. The lowest BCUT2D eigenvalue weighted by Gasteiger charge is -2.33. The monoisotopic (exact) mass is 431 g/mol. The molecule has 1 N–H and O–H groups in total. The summed E-state index contributed by atoms with van der Waals surface area (Å²) in [5.41, 5.74) is 3.85. The van der Waals surface area contributed by atoms with Crippen LogP contribution in [0.2, 0.25) is 0 Å². The number of hydrogen-bond donors (Lipinski definition) is 1. The molecule has 4 heterocycles. The summed E-state index contributed by atoms with van der Waals surface area (Å²) < 4.78 is 7.56. The van der Waals surface area contributed by atoms with Crippen molar-refractivity contribution in [2.45, 2.75) is 45.1 Å². The van der Waals surface area contributed by atoms with Crippen LogP contribution in [0.1, 0.15) is 45.2 Å². The van der Waals surface area contributed by atoms with Gasteiger partial charge in [0.05, 0.1) is 18.2 Å². The van der Waals surface area contributed by atoms with Gasteiger partial charge >= 0.3 is 6.09 Å². The summed E-state index contributed by atoms with van der Waals surface area (Å²) in [4.78, 5) is 26.6. The number of piperidine rings is 1. The molecule has 5 rings (SSSR count). The molecule has 32 heavy (non-hydrogen) atoms. The zero-order valence-corrected chi connectivity index (χ0v) is 19.1. The van der Waals surface area contributed by atoms with Crippen LogP contribution in [0.4, 0.5) is 4.79 Å². The lowest BCUT2D eigenvalue weighted by Crippen LogP contribution is -2.41. The number of nitrogens with zero attached hydrogens (tertiary/aromatic N) is 4. The molecule has 0 aliphatic carbocycles. The molecule has 0 saturated carbocycles. The van der Waals surface area contributed by atoms with Crippen molar-refractivity contribution in [1.29, 1.82) is 0 Å². The Morgan fingerprint density at radius 1 is 1.12 bits per heavy atom. The third-order valence-electron chi connectivity index (χ3n) is 6.19.